The van der Waals surface area contributed by atoms with Crippen LogP contribution in [0.5, 0.6) is 0 Å². The minimum atomic E-state index is -4.52. The molecule has 1 heterocycles. The Morgan fingerprint density at radius 3 is 2.60 bits per heavy atom. The second-order valence-corrected chi connectivity index (χ2v) is 1.37. The molecular weight excluding hydrogens is 151 g/mol. The van der Waals surface area contributed by atoms with Gasteiger partial charge in [0, 0.05) is 0 Å². The monoisotopic (exact) mass is 153 g/mol. The minimum absolute atomic E-state index is 0.660. The van der Waals surface area contributed by atoms with Crippen molar-refractivity contribution in [1.29, 1.82) is 0 Å². The molecule has 0 aliphatic carbocycles. The van der Waals surface area contributed by atoms with E-state index in [-0.39, 0.29) is 0 Å². The zero-order valence-electron chi connectivity index (χ0n) is 4.51. The topological polar surface area (TPSA) is 51.0 Å². The standard InChI is InChI=1S/C3H2F3N3O/c4-3(5,6)8-2-9-7-1-10-2/h1H,(H,8,9). The van der Waals surface area contributed by atoms with E-state index in [2.05, 4.69) is 14.6 Å². The number of halogens is 3. The number of anilines is 1. The summed E-state index contributed by atoms with van der Waals surface area (Å²) in [5.74, 6) is 0. The van der Waals surface area contributed by atoms with E-state index in [4.69, 9.17) is 0 Å². The van der Waals surface area contributed by atoms with E-state index in [1.165, 1.54) is 0 Å². The van der Waals surface area contributed by atoms with Gasteiger partial charge in [-0.05, 0) is 0 Å². The fraction of sp³-hybridized carbons (Fsp3) is 0.333. The lowest BCUT2D eigenvalue weighted by Gasteiger charge is -2.02. The van der Waals surface area contributed by atoms with Gasteiger partial charge >= 0.3 is 12.3 Å². The first-order valence-electron chi connectivity index (χ1n) is 2.19. The molecule has 0 aromatic carbocycles. The van der Waals surface area contributed by atoms with Crippen molar-refractivity contribution in [2.24, 2.45) is 0 Å². The maximum atomic E-state index is 11.4. The van der Waals surface area contributed by atoms with Crippen molar-refractivity contribution in [2.45, 2.75) is 6.30 Å². The van der Waals surface area contributed by atoms with E-state index in [0.29, 0.717) is 0 Å². The Morgan fingerprint density at radius 1 is 1.50 bits per heavy atom. The van der Waals surface area contributed by atoms with Crippen LogP contribution < -0.4 is 5.32 Å². The maximum absolute atomic E-state index is 11.4. The summed E-state index contributed by atoms with van der Waals surface area (Å²) in [4.78, 5) is 0. The van der Waals surface area contributed by atoms with Crippen LogP contribution in [0, 0.1) is 0 Å². The first kappa shape index (κ1) is 6.84. The molecule has 4 nitrogen and oxygen atoms in total. The molecule has 7 heteroatoms. The highest BCUT2D eigenvalue weighted by Crippen LogP contribution is 2.16. The van der Waals surface area contributed by atoms with Crippen molar-refractivity contribution >= 4 is 6.01 Å². The zero-order valence-corrected chi connectivity index (χ0v) is 4.51. The van der Waals surface area contributed by atoms with Gasteiger partial charge in [-0.3, -0.25) is 0 Å². The Bertz CT molecular complexity index is 193. The van der Waals surface area contributed by atoms with Crippen molar-refractivity contribution in [1.82, 2.24) is 10.2 Å². The Morgan fingerprint density at radius 2 is 2.20 bits per heavy atom. The lowest BCUT2D eigenvalue weighted by Crippen LogP contribution is -2.20. The summed E-state index contributed by atoms with van der Waals surface area (Å²) < 4.78 is 38.3. The number of alkyl halides is 3. The summed E-state index contributed by atoms with van der Waals surface area (Å²) in [5.41, 5.74) is 0. The van der Waals surface area contributed by atoms with Gasteiger partial charge in [0.1, 0.15) is 0 Å². The average molecular weight is 153 g/mol. The molecule has 0 saturated heterocycles. The fourth-order valence-corrected chi connectivity index (χ4v) is 0.349. The minimum Gasteiger partial charge on any atom is -0.411 e. The lowest BCUT2D eigenvalue weighted by molar-refractivity contribution is -0.102. The van der Waals surface area contributed by atoms with E-state index in [0.717, 1.165) is 11.7 Å². The van der Waals surface area contributed by atoms with Crippen LogP contribution in [0.1, 0.15) is 0 Å². The van der Waals surface area contributed by atoms with E-state index < -0.39 is 12.3 Å². The summed E-state index contributed by atoms with van der Waals surface area (Å²) in [7, 11) is 0. The van der Waals surface area contributed by atoms with Gasteiger partial charge in [0.05, 0.1) is 0 Å². The smallest absolute Gasteiger partial charge is 0.411 e. The molecule has 0 aliphatic heterocycles. The van der Waals surface area contributed by atoms with Crippen LogP contribution in [-0.2, 0) is 0 Å². The molecule has 56 valence electrons. The third-order valence-corrected chi connectivity index (χ3v) is 0.609. The molecule has 0 unspecified atom stereocenters. The maximum Gasteiger partial charge on any atom is 0.485 e. The zero-order chi connectivity index (χ0) is 7.61. The van der Waals surface area contributed by atoms with Gasteiger partial charge < -0.3 is 4.42 Å². The number of nitrogens with one attached hydrogen (secondary N) is 1. The van der Waals surface area contributed by atoms with Crippen LogP contribution in [-0.4, -0.2) is 16.5 Å². The lowest BCUT2D eigenvalue weighted by atomic mass is 11.0. The molecule has 0 saturated carbocycles. The Labute approximate surface area is 53.0 Å². The third-order valence-electron chi connectivity index (χ3n) is 0.609. The molecule has 0 spiro atoms. The fourth-order valence-electron chi connectivity index (χ4n) is 0.349. The molecular formula is C3H2F3N3O. The molecule has 0 radical (unpaired) electrons. The van der Waals surface area contributed by atoms with Crippen molar-refractivity contribution in [2.75, 3.05) is 5.32 Å². The van der Waals surface area contributed by atoms with E-state index in [1.54, 1.807) is 0 Å². The van der Waals surface area contributed by atoms with Crippen molar-refractivity contribution < 1.29 is 17.6 Å². The number of rotatable bonds is 1. The highest BCUT2D eigenvalue weighted by Gasteiger charge is 2.29. The molecule has 0 amide bonds. The largest absolute Gasteiger partial charge is 0.485 e. The second kappa shape index (κ2) is 2.16. The summed E-state index contributed by atoms with van der Waals surface area (Å²) in [6.07, 6.45) is -3.72. The molecule has 10 heavy (non-hydrogen) atoms. The van der Waals surface area contributed by atoms with Crippen LogP contribution in [0.2, 0.25) is 0 Å². The summed E-state index contributed by atoms with van der Waals surface area (Å²) in [6, 6.07) is -0.660. The molecule has 0 atom stereocenters. The summed E-state index contributed by atoms with van der Waals surface area (Å²) >= 11 is 0. The Balaban J connectivity index is 2.57. The number of hydrogen-bond acceptors (Lipinski definition) is 4. The first-order valence-corrected chi connectivity index (χ1v) is 2.19. The molecule has 0 fully saturated rings. The van der Waals surface area contributed by atoms with E-state index in [9.17, 15) is 13.2 Å². The van der Waals surface area contributed by atoms with Gasteiger partial charge in [-0.1, -0.05) is 5.10 Å². The SMILES string of the molecule is FC(F)(F)Nc1nnco1. The normalized spacial score (nSPS) is 11.5. The molecule has 0 aliphatic rings. The molecule has 1 N–H and O–H groups in total. The van der Waals surface area contributed by atoms with Crippen molar-refractivity contribution in [3.63, 3.8) is 0 Å². The van der Waals surface area contributed by atoms with Crippen LogP contribution in [0.4, 0.5) is 19.2 Å². The highest BCUT2D eigenvalue weighted by atomic mass is 19.4. The van der Waals surface area contributed by atoms with Gasteiger partial charge in [0.25, 0.3) is 0 Å². The first-order chi connectivity index (χ1) is 4.58. The molecule has 1 aromatic heterocycles. The van der Waals surface area contributed by atoms with E-state index >= 15 is 0 Å². The van der Waals surface area contributed by atoms with Gasteiger partial charge in [-0.2, -0.15) is 13.2 Å². The van der Waals surface area contributed by atoms with Crippen molar-refractivity contribution in [3.8, 4) is 0 Å². The molecule has 0 bridgehead atoms. The predicted octanol–water partition coefficient (Wildman–Crippen LogP) is 1.00. The molecule has 1 aromatic rings. The van der Waals surface area contributed by atoms with Crippen LogP contribution in [0.15, 0.2) is 10.8 Å². The summed E-state index contributed by atoms with van der Waals surface area (Å²) in [5, 5.41) is 7.00. The average Bonchev–Trinajstić information content (AvgIpc) is 2.12. The van der Waals surface area contributed by atoms with Crippen LogP contribution in [0.25, 0.3) is 0 Å². The Hall–Kier alpha value is -1.27. The van der Waals surface area contributed by atoms with Gasteiger partial charge in [-0.25, -0.2) is 5.32 Å². The van der Waals surface area contributed by atoms with Gasteiger partial charge in [-0.15, -0.1) is 5.10 Å². The van der Waals surface area contributed by atoms with Gasteiger partial charge in [0.2, 0.25) is 6.39 Å². The summed E-state index contributed by atoms with van der Waals surface area (Å²) in [6.45, 7) is 0. The van der Waals surface area contributed by atoms with E-state index in [1.807, 2.05) is 0 Å². The molecule has 1 rings (SSSR count). The van der Waals surface area contributed by atoms with Crippen LogP contribution in [0.3, 0.4) is 0 Å². The third kappa shape index (κ3) is 1.92. The number of aromatic nitrogens is 2. The number of nitrogens with zero attached hydrogens (tertiary/aromatic N) is 2. The number of hydrogen-bond donors (Lipinski definition) is 1. The second-order valence-electron chi connectivity index (χ2n) is 1.37. The Kier molecular flexibility index (Phi) is 1.48. The van der Waals surface area contributed by atoms with Crippen molar-refractivity contribution in [3.05, 3.63) is 6.39 Å². The highest BCUT2D eigenvalue weighted by molar-refractivity contribution is 5.16. The van der Waals surface area contributed by atoms with Gasteiger partial charge in [0.15, 0.2) is 0 Å². The quantitative estimate of drug-likeness (QED) is 0.611. The van der Waals surface area contributed by atoms with Crippen LogP contribution >= 0.6 is 0 Å². The predicted molar refractivity (Wildman–Crippen MR) is 24.0 cm³/mol.